The average molecular weight is 554 g/mol. The van der Waals surface area contributed by atoms with Crippen molar-refractivity contribution in [2.45, 2.75) is 115 Å². The number of nitrogens with zero attached hydrogens (tertiary/aromatic N) is 3. The Labute approximate surface area is 236 Å². The molecule has 0 heterocycles. The van der Waals surface area contributed by atoms with E-state index in [1.165, 1.54) is 0 Å². The van der Waals surface area contributed by atoms with Crippen molar-refractivity contribution in [3.05, 3.63) is 76.2 Å². The van der Waals surface area contributed by atoms with Crippen LogP contribution in [-0.4, -0.2) is 39.8 Å². The van der Waals surface area contributed by atoms with Crippen molar-refractivity contribution in [2.75, 3.05) is 7.11 Å². The lowest BCUT2D eigenvalue weighted by Gasteiger charge is -2.46. The van der Waals surface area contributed by atoms with Crippen molar-refractivity contribution in [2.24, 2.45) is 5.11 Å². The highest BCUT2D eigenvalue weighted by Gasteiger charge is 2.49. The summed E-state index contributed by atoms with van der Waals surface area (Å²) in [5.41, 5.74) is 12.8. The summed E-state index contributed by atoms with van der Waals surface area (Å²) in [4.78, 5) is 3.16. The van der Waals surface area contributed by atoms with Gasteiger partial charge in [-0.05, 0) is 64.7 Å². The molecule has 3 rings (SSSR count). The molecule has 2 aromatic carbocycles. The van der Waals surface area contributed by atoms with Gasteiger partial charge in [0.25, 0.3) is 0 Å². The lowest BCUT2D eigenvalue weighted by Crippen LogP contribution is -2.54. The maximum absolute atomic E-state index is 9.29. The van der Waals surface area contributed by atoms with Crippen LogP contribution in [0.25, 0.3) is 10.4 Å². The summed E-state index contributed by atoms with van der Waals surface area (Å²) in [7, 11) is -0.544. The van der Waals surface area contributed by atoms with Crippen LogP contribution in [0.2, 0.25) is 16.6 Å². The van der Waals surface area contributed by atoms with E-state index in [2.05, 4.69) is 63.7 Å². The molecule has 0 aromatic heterocycles. The minimum atomic E-state index is -2.21. The third-order valence-electron chi connectivity index (χ3n) is 8.21. The van der Waals surface area contributed by atoms with Crippen LogP contribution >= 0.6 is 0 Å². The van der Waals surface area contributed by atoms with Gasteiger partial charge < -0.3 is 18.6 Å². The van der Waals surface area contributed by atoms with Gasteiger partial charge in [-0.3, -0.25) is 0 Å². The Hall–Kier alpha value is -2.35. The summed E-state index contributed by atoms with van der Waals surface area (Å²) in [6.45, 7) is 14.7. The quantitative estimate of drug-likeness (QED) is 0.0817. The van der Waals surface area contributed by atoms with Crippen molar-refractivity contribution >= 4 is 8.32 Å². The van der Waals surface area contributed by atoms with Gasteiger partial charge >= 0.3 is 0 Å². The molecule has 0 saturated heterocycles. The molecule has 0 amide bonds. The summed E-state index contributed by atoms with van der Waals surface area (Å²) < 4.78 is 26.0. The first kappa shape index (κ1) is 31.2. The fourth-order valence-corrected chi connectivity index (χ4v) is 11.9. The smallest absolute Gasteiger partial charge is 0.200 e. The van der Waals surface area contributed by atoms with E-state index in [0.717, 1.165) is 29.7 Å². The molecule has 0 aliphatic heterocycles. The molecule has 0 bridgehead atoms. The monoisotopic (exact) mass is 553 g/mol. The Morgan fingerprint density at radius 2 is 1.41 bits per heavy atom. The predicted octanol–water partition coefficient (Wildman–Crippen LogP) is 8.59. The number of azide groups is 1. The van der Waals surface area contributed by atoms with Gasteiger partial charge in [-0.25, -0.2) is 0 Å². The van der Waals surface area contributed by atoms with Crippen LogP contribution in [0, 0.1) is 0 Å². The Balaban J connectivity index is 1.96. The zero-order valence-electron chi connectivity index (χ0n) is 24.7. The van der Waals surface area contributed by atoms with Gasteiger partial charge in [0.1, 0.15) is 11.9 Å². The first-order valence-corrected chi connectivity index (χ1v) is 16.5. The van der Waals surface area contributed by atoms with E-state index in [9.17, 15) is 5.53 Å². The standard InChI is InChI=1S/C31H47N3O4Si/c1-22(2)39(23(3)4,24(5)6)38-29-18-15-27(33-34-32)19-30(36-20-25-11-9-8-10-12-25)31(29)37-21-26-13-16-28(35-7)17-14-26/h8-14,16-17,22-24,27,29-31H,15,18-21H2,1-7H3/t27-,29+,30+,31+/m0/s1. The zero-order chi connectivity index (χ0) is 28.4. The second-order valence-electron chi connectivity index (χ2n) is 11.6. The first-order chi connectivity index (χ1) is 18.7. The summed E-state index contributed by atoms with van der Waals surface area (Å²) in [5, 5.41) is 4.14. The normalized spacial score (nSPS) is 22.1. The highest BCUT2D eigenvalue weighted by Crippen LogP contribution is 2.45. The molecule has 1 saturated carbocycles. The molecule has 1 aliphatic carbocycles. The molecule has 214 valence electrons. The van der Waals surface area contributed by atoms with Gasteiger partial charge in [0.05, 0.1) is 32.5 Å². The van der Waals surface area contributed by atoms with Gasteiger partial charge in [-0.15, -0.1) is 0 Å². The number of benzene rings is 2. The molecule has 1 aliphatic rings. The third-order valence-corrected chi connectivity index (χ3v) is 14.3. The number of rotatable bonds is 13. The van der Waals surface area contributed by atoms with Crippen LogP contribution in [0.1, 0.15) is 71.9 Å². The molecule has 1 fully saturated rings. The Bertz CT molecular complexity index is 1020. The van der Waals surface area contributed by atoms with E-state index in [4.69, 9.17) is 18.6 Å². The van der Waals surface area contributed by atoms with E-state index in [0.29, 0.717) is 36.3 Å². The van der Waals surface area contributed by atoms with E-state index in [-0.39, 0.29) is 24.4 Å². The molecule has 8 heteroatoms. The fourth-order valence-electron chi connectivity index (χ4n) is 6.32. The van der Waals surface area contributed by atoms with Crippen molar-refractivity contribution in [1.29, 1.82) is 0 Å². The minimum absolute atomic E-state index is 0.151. The van der Waals surface area contributed by atoms with E-state index in [1.807, 2.05) is 42.5 Å². The zero-order valence-corrected chi connectivity index (χ0v) is 25.7. The molecule has 0 N–H and O–H groups in total. The highest BCUT2D eigenvalue weighted by atomic mass is 28.4. The topological polar surface area (TPSA) is 85.7 Å². The van der Waals surface area contributed by atoms with Crippen LogP contribution in [0.4, 0.5) is 0 Å². The van der Waals surface area contributed by atoms with Gasteiger partial charge in [-0.1, -0.05) is 89.1 Å². The molecule has 7 nitrogen and oxygen atoms in total. The van der Waals surface area contributed by atoms with Crippen LogP contribution in [0.15, 0.2) is 59.7 Å². The number of hydrogen-bond donors (Lipinski definition) is 0. The minimum Gasteiger partial charge on any atom is -0.497 e. The Kier molecular flexibility index (Phi) is 11.9. The van der Waals surface area contributed by atoms with Crippen LogP contribution in [-0.2, 0) is 27.1 Å². The average Bonchev–Trinajstić information content (AvgIpc) is 3.08. The molecule has 4 atom stereocenters. The summed E-state index contributed by atoms with van der Waals surface area (Å²) in [5.74, 6) is 0.817. The van der Waals surface area contributed by atoms with Crippen LogP contribution < -0.4 is 4.74 Å². The van der Waals surface area contributed by atoms with Gasteiger partial charge in [0.2, 0.25) is 8.32 Å². The van der Waals surface area contributed by atoms with Crippen LogP contribution in [0.5, 0.6) is 5.75 Å². The number of ether oxygens (including phenoxy) is 3. The molecule has 0 unspecified atom stereocenters. The SMILES string of the molecule is COc1ccc(CO[C@H]2[C@H](OCc3ccccc3)C[C@@H](N=[N+]=[N-])CC[C@H]2O[Si](C(C)C)(C(C)C)C(C)C)cc1. The molecule has 0 spiro atoms. The van der Waals surface area contributed by atoms with E-state index in [1.54, 1.807) is 7.11 Å². The summed E-state index contributed by atoms with van der Waals surface area (Å²) in [6.07, 6.45) is 1.40. The molecular formula is C31H47N3O4Si. The van der Waals surface area contributed by atoms with Crippen molar-refractivity contribution < 1.29 is 18.6 Å². The fraction of sp³-hybridized carbons (Fsp3) is 0.613. The third kappa shape index (κ3) is 8.09. The first-order valence-electron chi connectivity index (χ1n) is 14.3. The highest BCUT2D eigenvalue weighted by molar-refractivity contribution is 6.77. The molecular weight excluding hydrogens is 506 g/mol. The summed E-state index contributed by atoms with van der Waals surface area (Å²) in [6, 6.07) is 18.0. The van der Waals surface area contributed by atoms with Crippen molar-refractivity contribution in [3.63, 3.8) is 0 Å². The number of hydrogen-bond acceptors (Lipinski definition) is 5. The largest absolute Gasteiger partial charge is 0.497 e. The molecule has 2 aromatic rings. The maximum atomic E-state index is 9.29. The lowest BCUT2D eigenvalue weighted by molar-refractivity contribution is -0.127. The van der Waals surface area contributed by atoms with Crippen molar-refractivity contribution in [3.8, 4) is 5.75 Å². The van der Waals surface area contributed by atoms with Gasteiger partial charge in [0.15, 0.2) is 0 Å². The maximum Gasteiger partial charge on any atom is 0.200 e. The summed E-state index contributed by atoms with van der Waals surface area (Å²) >= 11 is 0. The van der Waals surface area contributed by atoms with Gasteiger partial charge in [0, 0.05) is 11.0 Å². The Morgan fingerprint density at radius 3 is 1.97 bits per heavy atom. The predicted molar refractivity (Wildman–Crippen MR) is 159 cm³/mol. The lowest BCUT2D eigenvalue weighted by atomic mass is 10.1. The second-order valence-corrected chi connectivity index (χ2v) is 17.0. The second kappa shape index (κ2) is 14.9. The molecule has 0 radical (unpaired) electrons. The van der Waals surface area contributed by atoms with Crippen LogP contribution in [0.3, 0.4) is 0 Å². The van der Waals surface area contributed by atoms with E-state index < -0.39 is 8.32 Å². The number of methoxy groups -OCH3 is 1. The van der Waals surface area contributed by atoms with E-state index >= 15 is 0 Å². The van der Waals surface area contributed by atoms with Crippen molar-refractivity contribution in [1.82, 2.24) is 0 Å². The Morgan fingerprint density at radius 1 is 0.821 bits per heavy atom. The van der Waals surface area contributed by atoms with Gasteiger partial charge in [-0.2, -0.15) is 0 Å². The molecule has 39 heavy (non-hydrogen) atoms.